The quantitative estimate of drug-likeness (QED) is 0.601. The van der Waals surface area contributed by atoms with Gasteiger partial charge in [-0.3, -0.25) is 9.59 Å². The molecule has 0 bridgehead atoms. The van der Waals surface area contributed by atoms with Gasteiger partial charge in [-0.15, -0.1) is 0 Å². The van der Waals surface area contributed by atoms with Crippen molar-refractivity contribution in [3.63, 3.8) is 0 Å². The third-order valence-electron chi connectivity index (χ3n) is 2.62. The summed E-state index contributed by atoms with van der Waals surface area (Å²) in [5.41, 5.74) is 0.618. The first-order chi connectivity index (χ1) is 9.38. The Morgan fingerprint density at radius 3 is 2.60 bits per heavy atom. The van der Waals surface area contributed by atoms with E-state index in [2.05, 4.69) is 15.6 Å². The van der Waals surface area contributed by atoms with Crippen LogP contribution in [0.1, 0.15) is 26.0 Å². The van der Waals surface area contributed by atoms with Gasteiger partial charge in [0.25, 0.3) is 0 Å². The number of carboxylic acid groups (broad SMARTS) is 1. The van der Waals surface area contributed by atoms with E-state index < -0.39 is 17.9 Å². The van der Waals surface area contributed by atoms with Crippen LogP contribution in [0.25, 0.3) is 0 Å². The summed E-state index contributed by atoms with van der Waals surface area (Å²) >= 11 is 1.02. The topological polar surface area (TPSA) is 111 Å². The lowest BCUT2D eigenvalue weighted by atomic mass is 9.97. The first-order valence-electron chi connectivity index (χ1n) is 6.29. The molecule has 1 aromatic rings. The number of hydrogen-bond acceptors (Lipinski definition) is 4. The SMILES string of the molecule is CC(C)CC(CNC(=O)NCc1csc(=O)[nH]1)C(=O)O. The molecule has 20 heavy (non-hydrogen) atoms. The van der Waals surface area contributed by atoms with Crippen LogP contribution in [0.2, 0.25) is 0 Å². The number of nitrogens with one attached hydrogen (secondary N) is 3. The summed E-state index contributed by atoms with van der Waals surface area (Å²) in [7, 11) is 0. The lowest BCUT2D eigenvalue weighted by molar-refractivity contribution is -0.142. The molecular weight excluding hydrogens is 282 g/mol. The number of urea groups is 1. The molecule has 2 amide bonds. The normalized spacial score (nSPS) is 12.2. The first-order valence-corrected chi connectivity index (χ1v) is 7.17. The van der Waals surface area contributed by atoms with E-state index >= 15 is 0 Å². The lowest BCUT2D eigenvalue weighted by Gasteiger charge is -2.15. The molecule has 1 aromatic heterocycles. The molecule has 0 radical (unpaired) electrons. The van der Waals surface area contributed by atoms with Crippen molar-refractivity contribution in [2.45, 2.75) is 26.8 Å². The number of aromatic amines is 1. The van der Waals surface area contributed by atoms with Crippen LogP contribution in [-0.2, 0) is 11.3 Å². The number of rotatable bonds is 7. The van der Waals surface area contributed by atoms with Gasteiger partial charge in [0.05, 0.1) is 12.5 Å². The molecule has 0 saturated carbocycles. The minimum atomic E-state index is -0.916. The Morgan fingerprint density at radius 1 is 1.40 bits per heavy atom. The van der Waals surface area contributed by atoms with Gasteiger partial charge < -0.3 is 20.7 Å². The number of aliphatic carboxylic acids is 1. The highest BCUT2D eigenvalue weighted by atomic mass is 32.1. The highest BCUT2D eigenvalue weighted by Crippen LogP contribution is 2.10. The molecule has 0 aromatic carbocycles. The predicted molar refractivity (Wildman–Crippen MR) is 75.8 cm³/mol. The Bertz CT molecular complexity index is 509. The van der Waals surface area contributed by atoms with Gasteiger partial charge in [0.15, 0.2) is 0 Å². The van der Waals surface area contributed by atoms with E-state index in [1.54, 1.807) is 5.38 Å². The number of thiazole rings is 1. The fourth-order valence-corrected chi connectivity index (χ4v) is 2.28. The molecule has 1 heterocycles. The van der Waals surface area contributed by atoms with Crippen LogP contribution in [0.4, 0.5) is 4.79 Å². The van der Waals surface area contributed by atoms with Gasteiger partial charge in [-0.25, -0.2) is 4.79 Å². The summed E-state index contributed by atoms with van der Waals surface area (Å²) in [4.78, 5) is 35.8. The molecule has 7 nitrogen and oxygen atoms in total. The van der Waals surface area contributed by atoms with Crippen LogP contribution in [0.5, 0.6) is 0 Å². The molecule has 0 aliphatic rings. The maximum absolute atomic E-state index is 11.5. The summed E-state index contributed by atoms with van der Waals surface area (Å²) in [6, 6.07) is -0.452. The van der Waals surface area contributed by atoms with Crippen LogP contribution < -0.4 is 15.5 Å². The number of carboxylic acids is 1. The molecule has 0 aliphatic carbocycles. The van der Waals surface area contributed by atoms with Crippen LogP contribution >= 0.6 is 11.3 Å². The highest BCUT2D eigenvalue weighted by Gasteiger charge is 2.19. The molecule has 1 atom stereocenters. The summed E-state index contributed by atoms with van der Waals surface area (Å²) in [5.74, 6) is -1.26. The Morgan fingerprint density at radius 2 is 2.10 bits per heavy atom. The number of amides is 2. The largest absolute Gasteiger partial charge is 0.481 e. The van der Waals surface area contributed by atoms with Crippen molar-refractivity contribution in [1.82, 2.24) is 15.6 Å². The smallest absolute Gasteiger partial charge is 0.315 e. The zero-order chi connectivity index (χ0) is 15.1. The first kappa shape index (κ1) is 16.2. The van der Waals surface area contributed by atoms with E-state index in [4.69, 9.17) is 5.11 Å². The maximum atomic E-state index is 11.5. The molecule has 112 valence electrons. The van der Waals surface area contributed by atoms with E-state index in [0.717, 1.165) is 11.3 Å². The van der Waals surface area contributed by atoms with Crippen molar-refractivity contribution in [2.75, 3.05) is 6.54 Å². The molecule has 1 unspecified atom stereocenters. The molecule has 0 fully saturated rings. The molecule has 0 spiro atoms. The summed E-state index contributed by atoms with van der Waals surface area (Å²) < 4.78 is 0. The van der Waals surface area contributed by atoms with E-state index in [9.17, 15) is 14.4 Å². The van der Waals surface area contributed by atoms with Crippen LogP contribution in [0.3, 0.4) is 0 Å². The molecule has 0 saturated heterocycles. The van der Waals surface area contributed by atoms with E-state index in [1.807, 2.05) is 13.8 Å². The molecule has 0 aliphatic heterocycles. The van der Waals surface area contributed by atoms with Gasteiger partial charge in [0, 0.05) is 17.6 Å². The monoisotopic (exact) mass is 301 g/mol. The number of hydrogen-bond donors (Lipinski definition) is 4. The zero-order valence-electron chi connectivity index (χ0n) is 11.4. The van der Waals surface area contributed by atoms with E-state index in [-0.39, 0.29) is 23.9 Å². The van der Waals surface area contributed by atoms with Crippen molar-refractivity contribution in [1.29, 1.82) is 0 Å². The number of H-pyrrole nitrogens is 1. The van der Waals surface area contributed by atoms with Crippen molar-refractivity contribution in [3.05, 3.63) is 20.7 Å². The molecule has 8 heteroatoms. The standard InChI is InChI=1S/C12H19N3O4S/c1-7(2)3-8(10(16)17)4-13-11(18)14-5-9-6-20-12(19)15-9/h6-8H,3-5H2,1-2H3,(H,15,19)(H,16,17)(H2,13,14,18). The second kappa shape index (κ2) is 7.68. The third-order valence-corrected chi connectivity index (χ3v) is 3.34. The minimum absolute atomic E-state index is 0.0828. The second-order valence-corrected chi connectivity index (χ2v) is 5.74. The van der Waals surface area contributed by atoms with Gasteiger partial charge in [-0.1, -0.05) is 25.2 Å². The summed E-state index contributed by atoms with van der Waals surface area (Å²) in [6.07, 6.45) is 0.507. The van der Waals surface area contributed by atoms with Crippen LogP contribution in [0.15, 0.2) is 10.2 Å². The molecule has 4 N–H and O–H groups in total. The summed E-state index contributed by atoms with van der Waals surface area (Å²) in [5, 5.41) is 15.7. The van der Waals surface area contributed by atoms with Crippen molar-refractivity contribution < 1.29 is 14.7 Å². The van der Waals surface area contributed by atoms with Gasteiger partial charge in [0.1, 0.15) is 0 Å². The maximum Gasteiger partial charge on any atom is 0.315 e. The Labute approximate surface area is 120 Å². The van der Waals surface area contributed by atoms with Crippen molar-refractivity contribution in [2.24, 2.45) is 11.8 Å². The number of carbonyl (C=O) groups is 2. The second-order valence-electron chi connectivity index (χ2n) is 4.90. The Kier molecular flexibility index (Phi) is 6.23. The third kappa shape index (κ3) is 5.87. The number of aromatic nitrogens is 1. The van der Waals surface area contributed by atoms with Crippen LogP contribution in [0, 0.1) is 11.8 Å². The van der Waals surface area contributed by atoms with Crippen molar-refractivity contribution in [3.8, 4) is 0 Å². The predicted octanol–water partition coefficient (Wildman–Crippen LogP) is 0.982. The van der Waals surface area contributed by atoms with Gasteiger partial charge in [-0.2, -0.15) is 0 Å². The fraction of sp³-hybridized carbons (Fsp3) is 0.583. The Hall–Kier alpha value is -1.83. The van der Waals surface area contributed by atoms with E-state index in [1.165, 1.54) is 0 Å². The zero-order valence-corrected chi connectivity index (χ0v) is 12.3. The number of carbonyl (C=O) groups excluding carboxylic acids is 1. The van der Waals surface area contributed by atoms with E-state index in [0.29, 0.717) is 12.1 Å². The van der Waals surface area contributed by atoms with Gasteiger partial charge >= 0.3 is 16.9 Å². The minimum Gasteiger partial charge on any atom is -0.481 e. The average Bonchev–Trinajstić information content (AvgIpc) is 2.77. The average molecular weight is 301 g/mol. The summed E-state index contributed by atoms with van der Waals surface area (Å²) in [6.45, 7) is 4.15. The van der Waals surface area contributed by atoms with Gasteiger partial charge in [-0.05, 0) is 12.3 Å². The molecular formula is C12H19N3O4S. The van der Waals surface area contributed by atoms with Crippen molar-refractivity contribution >= 4 is 23.3 Å². The van der Waals surface area contributed by atoms with Gasteiger partial charge in [0.2, 0.25) is 0 Å². The highest BCUT2D eigenvalue weighted by molar-refractivity contribution is 7.07. The fourth-order valence-electron chi connectivity index (χ4n) is 1.69. The van der Waals surface area contributed by atoms with Crippen LogP contribution in [-0.4, -0.2) is 28.6 Å². The molecule has 1 rings (SSSR count). The Balaban J connectivity index is 2.34. The lowest BCUT2D eigenvalue weighted by Crippen LogP contribution is -2.40.